The number of aryl methyl sites for hydroxylation is 1. The van der Waals surface area contributed by atoms with Crippen molar-refractivity contribution in [3.05, 3.63) is 18.0 Å². The molecule has 2 aliphatic rings. The number of aromatic nitrogens is 2. The summed E-state index contributed by atoms with van der Waals surface area (Å²) in [7, 11) is 0. The first-order valence-electron chi connectivity index (χ1n) is 8.38. The number of hydrogen-bond donors (Lipinski definition) is 1. The van der Waals surface area contributed by atoms with Crippen molar-refractivity contribution in [2.24, 2.45) is 5.73 Å². The number of nitrogens with two attached hydrogens (primary N) is 1. The molecular formula is C16H28N4O. The summed E-state index contributed by atoms with van der Waals surface area (Å²) in [5, 5.41) is 4.47. The monoisotopic (exact) mass is 292 g/mol. The first-order valence-corrected chi connectivity index (χ1v) is 8.38. The fourth-order valence-electron chi connectivity index (χ4n) is 4.10. The smallest absolute Gasteiger partial charge is 0.0654 e. The van der Waals surface area contributed by atoms with E-state index in [-0.39, 0.29) is 11.6 Å². The van der Waals surface area contributed by atoms with Gasteiger partial charge in [0, 0.05) is 31.4 Å². The largest absolute Gasteiger partial charge is 0.379 e. The SMILES string of the molecule is CCCn1nccc1C(N)C1(N2CCOCC2)CCCC1. The van der Waals surface area contributed by atoms with Gasteiger partial charge in [-0.1, -0.05) is 19.8 Å². The maximum Gasteiger partial charge on any atom is 0.0654 e. The van der Waals surface area contributed by atoms with E-state index in [4.69, 9.17) is 10.5 Å². The summed E-state index contributed by atoms with van der Waals surface area (Å²) in [5.74, 6) is 0. The van der Waals surface area contributed by atoms with Gasteiger partial charge in [-0.05, 0) is 25.3 Å². The minimum absolute atomic E-state index is 0.0483. The van der Waals surface area contributed by atoms with Crippen molar-refractivity contribution < 1.29 is 4.74 Å². The molecule has 1 aliphatic heterocycles. The van der Waals surface area contributed by atoms with Gasteiger partial charge in [0.25, 0.3) is 0 Å². The summed E-state index contributed by atoms with van der Waals surface area (Å²) in [6, 6.07) is 2.16. The van der Waals surface area contributed by atoms with Gasteiger partial charge >= 0.3 is 0 Å². The first-order chi connectivity index (χ1) is 10.3. The number of ether oxygens (including phenoxy) is 1. The molecule has 2 N–H and O–H groups in total. The molecule has 1 atom stereocenters. The van der Waals surface area contributed by atoms with Crippen LogP contribution in [0.3, 0.4) is 0 Å². The standard InChI is InChI=1S/C16H28N4O/c1-2-9-20-14(5-8-18-20)15(17)16(6-3-4-7-16)19-10-12-21-13-11-19/h5,8,15H,2-4,6-7,9-13,17H2,1H3. The van der Waals surface area contributed by atoms with Crippen LogP contribution < -0.4 is 5.73 Å². The molecule has 118 valence electrons. The molecule has 2 fully saturated rings. The topological polar surface area (TPSA) is 56.3 Å². The van der Waals surface area contributed by atoms with Crippen LogP contribution in [0.25, 0.3) is 0 Å². The summed E-state index contributed by atoms with van der Waals surface area (Å²) in [5.41, 5.74) is 8.10. The first kappa shape index (κ1) is 15.0. The van der Waals surface area contributed by atoms with Crippen molar-refractivity contribution in [1.82, 2.24) is 14.7 Å². The molecule has 0 spiro atoms. The minimum atomic E-state index is 0.0483. The van der Waals surface area contributed by atoms with Gasteiger partial charge in [-0.15, -0.1) is 0 Å². The van der Waals surface area contributed by atoms with E-state index < -0.39 is 0 Å². The molecule has 1 unspecified atom stereocenters. The Labute approximate surface area is 127 Å². The molecule has 5 heteroatoms. The molecule has 0 amide bonds. The van der Waals surface area contributed by atoms with Gasteiger partial charge in [-0.25, -0.2) is 0 Å². The maximum atomic E-state index is 6.80. The zero-order chi connectivity index (χ0) is 14.7. The second-order valence-corrected chi connectivity index (χ2v) is 6.37. The van der Waals surface area contributed by atoms with Crippen LogP contribution in [0.2, 0.25) is 0 Å². The lowest BCUT2D eigenvalue weighted by Gasteiger charge is -2.47. The molecule has 0 radical (unpaired) electrons. The van der Waals surface area contributed by atoms with Crippen molar-refractivity contribution in [3.8, 4) is 0 Å². The highest BCUT2D eigenvalue weighted by molar-refractivity contribution is 5.16. The Hall–Kier alpha value is -0.910. The Morgan fingerprint density at radius 3 is 2.71 bits per heavy atom. The number of hydrogen-bond acceptors (Lipinski definition) is 4. The van der Waals surface area contributed by atoms with Crippen molar-refractivity contribution in [2.75, 3.05) is 26.3 Å². The average molecular weight is 292 g/mol. The maximum absolute atomic E-state index is 6.80. The van der Waals surface area contributed by atoms with E-state index >= 15 is 0 Å². The average Bonchev–Trinajstić information content (AvgIpc) is 3.18. The van der Waals surface area contributed by atoms with E-state index in [0.29, 0.717) is 0 Å². The van der Waals surface area contributed by atoms with Gasteiger partial charge in [0.1, 0.15) is 0 Å². The second kappa shape index (κ2) is 6.46. The van der Waals surface area contributed by atoms with Crippen LogP contribution >= 0.6 is 0 Å². The fraction of sp³-hybridized carbons (Fsp3) is 0.812. The Kier molecular flexibility index (Phi) is 4.62. The Morgan fingerprint density at radius 2 is 2.05 bits per heavy atom. The molecule has 3 rings (SSSR count). The lowest BCUT2D eigenvalue weighted by molar-refractivity contribution is -0.0321. The molecule has 1 saturated heterocycles. The number of nitrogens with zero attached hydrogens (tertiary/aromatic N) is 3. The van der Waals surface area contributed by atoms with Crippen molar-refractivity contribution >= 4 is 0 Å². The molecule has 2 heterocycles. The highest BCUT2D eigenvalue weighted by Crippen LogP contribution is 2.43. The van der Waals surface area contributed by atoms with Crippen LogP contribution in [0.15, 0.2) is 12.3 Å². The molecule has 21 heavy (non-hydrogen) atoms. The van der Waals surface area contributed by atoms with Crippen LogP contribution in [0, 0.1) is 0 Å². The molecule has 1 saturated carbocycles. The van der Waals surface area contributed by atoms with Gasteiger partial charge in [-0.3, -0.25) is 9.58 Å². The fourth-order valence-corrected chi connectivity index (χ4v) is 4.10. The van der Waals surface area contributed by atoms with E-state index in [2.05, 4.69) is 27.7 Å². The Balaban J connectivity index is 1.87. The van der Waals surface area contributed by atoms with E-state index in [9.17, 15) is 0 Å². The molecule has 1 aliphatic carbocycles. The van der Waals surface area contributed by atoms with Crippen molar-refractivity contribution in [2.45, 2.75) is 57.2 Å². The highest BCUT2D eigenvalue weighted by Gasteiger charge is 2.46. The van der Waals surface area contributed by atoms with Crippen LogP contribution in [0.4, 0.5) is 0 Å². The van der Waals surface area contributed by atoms with Gasteiger partial charge in [0.15, 0.2) is 0 Å². The van der Waals surface area contributed by atoms with Crippen LogP contribution in [-0.2, 0) is 11.3 Å². The molecule has 5 nitrogen and oxygen atoms in total. The number of rotatable bonds is 5. The van der Waals surface area contributed by atoms with Gasteiger partial charge in [-0.2, -0.15) is 5.10 Å². The minimum Gasteiger partial charge on any atom is -0.379 e. The summed E-state index contributed by atoms with van der Waals surface area (Å²) in [6.45, 7) is 6.83. The van der Waals surface area contributed by atoms with Gasteiger partial charge < -0.3 is 10.5 Å². The normalized spacial score (nSPS) is 24.3. The van der Waals surface area contributed by atoms with Crippen molar-refractivity contribution in [1.29, 1.82) is 0 Å². The third-order valence-corrected chi connectivity index (χ3v) is 5.19. The zero-order valence-corrected chi connectivity index (χ0v) is 13.1. The lowest BCUT2D eigenvalue weighted by atomic mass is 9.84. The third-order valence-electron chi connectivity index (χ3n) is 5.19. The zero-order valence-electron chi connectivity index (χ0n) is 13.1. The summed E-state index contributed by atoms with van der Waals surface area (Å²) in [6.07, 6.45) is 7.95. The predicted molar refractivity (Wildman–Crippen MR) is 83.0 cm³/mol. The summed E-state index contributed by atoms with van der Waals surface area (Å²) >= 11 is 0. The molecular weight excluding hydrogens is 264 g/mol. The molecule has 0 bridgehead atoms. The number of morpholine rings is 1. The van der Waals surface area contributed by atoms with E-state index in [1.54, 1.807) is 0 Å². The van der Waals surface area contributed by atoms with Crippen LogP contribution in [-0.4, -0.2) is 46.5 Å². The van der Waals surface area contributed by atoms with E-state index in [1.807, 2.05) is 6.20 Å². The summed E-state index contributed by atoms with van der Waals surface area (Å²) < 4.78 is 7.64. The van der Waals surface area contributed by atoms with Crippen LogP contribution in [0.1, 0.15) is 50.8 Å². The molecule has 1 aromatic rings. The lowest BCUT2D eigenvalue weighted by Crippen LogP contribution is -2.57. The quantitative estimate of drug-likeness (QED) is 0.901. The Morgan fingerprint density at radius 1 is 1.33 bits per heavy atom. The van der Waals surface area contributed by atoms with Gasteiger partial charge in [0.05, 0.1) is 24.9 Å². The molecule has 0 aromatic carbocycles. The van der Waals surface area contributed by atoms with Gasteiger partial charge in [0.2, 0.25) is 0 Å². The van der Waals surface area contributed by atoms with E-state index in [0.717, 1.165) is 39.3 Å². The Bertz CT molecular complexity index is 447. The third kappa shape index (κ3) is 2.74. The molecule has 1 aromatic heterocycles. The van der Waals surface area contributed by atoms with E-state index in [1.165, 1.54) is 31.4 Å². The second-order valence-electron chi connectivity index (χ2n) is 6.37. The van der Waals surface area contributed by atoms with Crippen molar-refractivity contribution in [3.63, 3.8) is 0 Å². The highest BCUT2D eigenvalue weighted by atomic mass is 16.5. The summed E-state index contributed by atoms with van der Waals surface area (Å²) in [4.78, 5) is 2.59. The predicted octanol–water partition coefficient (Wildman–Crippen LogP) is 1.94. The van der Waals surface area contributed by atoms with Crippen LogP contribution in [0.5, 0.6) is 0 Å².